The normalized spacial score (nSPS) is 19.4. The monoisotopic (exact) mass is 279 g/mol. The van der Waals surface area contributed by atoms with Gasteiger partial charge in [-0.2, -0.15) is 4.98 Å². The van der Waals surface area contributed by atoms with Crippen LogP contribution in [0.5, 0.6) is 5.88 Å². The molecule has 0 saturated carbocycles. The summed E-state index contributed by atoms with van der Waals surface area (Å²) in [6.07, 6.45) is 3.08. The molecule has 100 valence electrons. The molecule has 0 aliphatic carbocycles. The largest absolute Gasteiger partial charge is 0.479 e. The summed E-state index contributed by atoms with van der Waals surface area (Å²) in [4.78, 5) is 23.2. The SMILES string of the molecule is COc1ncnc2c1[nH]c(=S)n2C1CCCNC1=O. The number of piperidine rings is 1. The number of H-pyrrole nitrogens is 1. The van der Waals surface area contributed by atoms with Crippen LogP contribution in [0.15, 0.2) is 6.33 Å². The summed E-state index contributed by atoms with van der Waals surface area (Å²) in [5.74, 6) is 0.395. The highest BCUT2D eigenvalue weighted by Gasteiger charge is 2.27. The minimum Gasteiger partial charge on any atom is -0.479 e. The molecule has 2 aromatic rings. The van der Waals surface area contributed by atoms with E-state index in [-0.39, 0.29) is 11.9 Å². The first kappa shape index (κ1) is 12.1. The summed E-state index contributed by atoms with van der Waals surface area (Å²) in [6.45, 7) is 0.712. The standard InChI is InChI=1S/C11H13N5O2S/c1-18-10-7-8(13-5-14-10)16(11(19)15-7)6-3-2-4-12-9(6)17/h5-6H,2-4H2,1H3,(H,12,17)(H,15,19). The molecule has 1 aliphatic rings. The summed E-state index contributed by atoms with van der Waals surface area (Å²) in [5.41, 5.74) is 1.22. The molecule has 1 aliphatic heterocycles. The van der Waals surface area contributed by atoms with Gasteiger partial charge in [0.2, 0.25) is 11.8 Å². The Labute approximate surface area is 114 Å². The molecule has 1 saturated heterocycles. The van der Waals surface area contributed by atoms with Crippen LogP contribution in [0.4, 0.5) is 0 Å². The number of rotatable bonds is 2. The van der Waals surface area contributed by atoms with Crippen LogP contribution in [0.2, 0.25) is 0 Å². The Hall–Kier alpha value is -1.96. The molecule has 0 bridgehead atoms. The summed E-state index contributed by atoms with van der Waals surface area (Å²) in [5, 5.41) is 2.85. The fourth-order valence-electron chi connectivity index (χ4n) is 2.36. The number of carbonyl (C=O) groups is 1. The van der Waals surface area contributed by atoms with E-state index in [4.69, 9.17) is 17.0 Å². The van der Waals surface area contributed by atoms with Gasteiger partial charge >= 0.3 is 0 Å². The number of nitrogens with one attached hydrogen (secondary N) is 2. The zero-order chi connectivity index (χ0) is 13.4. The zero-order valence-electron chi connectivity index (χ0n) is 10.3. The predicted molar refractivity (Wildman–Crippen MR) is 70.5 cm³/mol. The number of carbonyl (C=O) groups excluding carboxylic acids is 1. The molecule has 2 N–H and O–H groups in total. The Morgan fingerprint density at radius 3 is 3.11 bits per heavy atom. The Balaban J connectivity index is 2.21. The smallest absolute Gasteiger partial charge is 0.243 e. The van der Waals surface area contributed by atoms with Gasteiger partial charge in [0.25, 0.3) is 0 Å². The van der Waals surface area contributed by atoms with Crippen LogP contribution >= 0.6 is 12.2 Å². The van der Waals surface area contributed by atoms with Gasteiger partial charge in [0.05, 0.1) is 7.11 Å². The van der Waals surface area contributed by atoms with Crippen molar-refractivity contribution >= 4 is 29.3 Å². The highest BCUT2D eigenvalue weighted by molar-refractivity contribution is 7.71. The first-order chi connectivity index (χ1) is 9.22. The summed E-state index contributed by atoms with van der Waals surface area (Å²) >= 11 is 5.30. The van der Waals surface area contributed by atoms with Crippen molar-refractivity contribution in [2.24, 2.45) is 0 Å². The molecule has 1 fully saturated rings. The lowest BCUT2D eigenvalue weighted by atomic mass is 10.1. The van der Waals surface area contributed by atoms with Crippen LogP contribution in [-0.4, -0.2) is 39.1 Å². The molecular weight excluding hydrogens is 266 g/mol. The Morgan fingerprint density at radius 2 is 2.37 bits per heavy atom. The molecule has 3 heterocycles. The fraction of sp³-hybridized carbons (Fsp3) is 0.455. The van der Waals surface area contributed by atoms with E-state index in [2.05, 4.69) is 20.3 Å². The lowest BCUT2D eigenvalue weighted by Gasteiger charge is -2.23. The molecular formula is C11H13N5O2S. The number of hydrogen-bond acceptors (Lipinski definition) is 5. The van der Waals surface area contributed by atoms with E-state index in [1.54, 1.807) is 4.57 Å². The van der Waals surface area contributed by atoms with E-state index < -0.39 is 0 Å². The first-order valence-corrected chi connectivity index (χ1v) is 6.40. The molecule has 0 spiro atoms. The third-order valence-corrected chi connectivity index (χ3v) is 3.53. The van der Waals surface area contributed by atoms with E-state index in [0.717, 1.165) is 12.8 Å². The number of ether oxygens (including phenoxy) is 1. The van der Waals surface area contributed by atoms with Gasteiger partial charge < -0.3 is 15.0 Å². The minimum atomic E-state index is -0.324. The van der Waals surface area contributed by atoms with Gasteiger partial charge in [-0.1, -0.05) is 0 Å². The Kier molecular flexibility index (Phi) is 2.94. The van der Waals surface area contributed by atoms with Gasteiger partial charge in [0, 0.05) is 6.54 Å². The maximum Gasteiger partial charge on any atom is 0.243 e. The number of amides is 1. The second-order valence-corrected chi connectivity index (χ2v) is 4.72. The maximum atomic E-state index is 12.0. The summed E-state index contributed by atoms with van der Waals surface area (Å²) in [6, 6.07) is -0.324. The van der Waals surface area contributed by atoms with E-state index in [1.165, 1.54) is 13.4 Å². The third-order valence-electron chi connectivity index (χ3n) is 3.23. The lowest BCUT2D eigenvalue weighted by Crippen LogP contribution is -2.38. The Bertz CT molecular complexity index is 692. The van der Waals surface area contributed by atoms with Crippen molar-refractivity contribution in [1.82, 2.24) is 24.8 Å². The van der Waals surface area contributed by atoms with Gasteiger partial charge in [-0.3, -0.25) is 9.36 Å². The number of hydrogen-bond donors (Lipinski definition) is 2. The van der Waals surface area contributed by atoms with Gasteiger partial charge in [-0.05, 0) is 25.1 Å². The number of aromatic amines is 1. The van der Waals surface area contributed by atoms with Crippen LogP contribution in [0.1, 0.15) is 18.9 Å². The van der Waals surface area contributed by atoms with Crippen LogP contribution < -0.4 is 10.1 Å². The minimum absolute atomic E-state index is 0.0270. The van der Waals surface area contributed by atoms with Crippen molar-refractivity contribution in [1.29, 1.82) is 0 Å². The van der Waals surface area contributed by atoms with Gasteiger partial charge in [0.15, 0.2) is 10.4 Å². The van der Waals surface area contributed by atoms with E-state index in [9.17, 15) is 4.79 Å². The maximum absolute atomic E-state index is 12.0. The number of aromatic nitrogens is 4. The predicted octanol–water partition coefficient (Wildman–Crippen LogP) is 0.949. The molecule has 8 heteroatoms. The molecule has 0 aromatic carbocycles. The number of imidazole rings is 1. The van der Waals surface area contributed by atoms with Crippen LogP contribution in [-0.2, 0) is 4.79 Å². The second kappa shape index (κ2) is 4.61. The van der Waals surface area contributed by atoms with E-state index in [1.807, 2.05) is 0 Å². The topological polar surface area (TPSA) is 84.8 Å². The van der Waals surface area contributed by atoms with Gasteiger partial charge in [0.1, 0.15) is 17.9 Å². The molecule has 1 atom stereocenters. The van der Waals surface area contributed by atoms with Crippen molar-refractivity contribution in [3.63, 3.8) is 0 Å². The van der Waals surface area contributed by atoms with E-state index >= 15 is 0 Å². The van der Waals surface area contributed by atoms with E-state index in [0.29, 0.717) is 28.4 Å². The Morgan fingerprint density at radius 1 is 1.53 bits per heavy atom. The average Bonchev–Trinajstić information content (AvgIpc) is 2.75. The van der Waals surface area contributed by atoms with Crippen molar-refractivity contribution in [3.8, 4) is 5.88 Å². The quantitative estimate of drug-likeness (QED) is 0.799. The molecule has 1 amide bonds. The van der Waals surface area contributed by atoms with Crippen molar-refractivity contribution < 1.29 is 9.53 Å². The number of nitrogens with zero attached hydrogens (tertiary/aromatic N) is 3. The number of fused-ring (bicyclic) bond motifs is 1. The molecule has 2 aromatic heterocycles. The lowest BCUT2D eigenvalue weighted by molar-refractivity contribution is -0.125. The van der Waals surface area contributed by atoms with Gasteiger partial charge in [-0.15, -0.1) is 0 Å². The summed E-state index contributed by atoms with van der Waals surface area (Å²) in [7, 11) is 1.53. The molecule has 19 heavy (non-hydrogen) atoms. The first-order valence-electron chi connectivity index (χ1n) is 5.99. The van der Waals surface area contributed by atoms with Crippen molar-refractivity contribution in [2.45, 2.75) is 18.9 Å². The highest BCUT2D eigenvalue weighted by atomic mass is 32.1. The molecule has 0 radical (unpaired) electrons. The zero-order valence-corrected chi connectivity index (χ0v) is 11.2. The second-order valence-electron chi connectivity index (χ2n) is 4.33. The highest BCUT2D eigenvalue weighted by Crippen LogP contribution is 2.26. The molecule has 7 nitrogen and oxygen atoms in total. The average molecular weight is 279 g/mol. The van der Waals surface area contributed by atoms with Crippen molar-refractivity contribution in [3.05, 3.63) is 11.1 Å². The van der Waals surface area contributed by atoms with Crippen molar-refractivity contribution in [2.75, 3.05) is 13.7 Å². The van der Waals surface area contributed by atoms with Crippen LogP contribution in [0.3, 0.4) is 0 Å². The number of methoxy groups -OCH3 is 1. The van der Waals surface area contributed by atoms with Crippen LogP contribution in [0, 0.1) is 4.77 Å². The fourth-order valence-corrected chi connectivity index (χ4v) is 2.68. The molecule has 3 rings (SSSR count). The molecule has 1 unspecified atom stereocenters. The van der Waals surface area contributed by atoms with Gasteiger partial charge in [-0.25, -0.2) is 4.98 Å². The third kappa shape index (κ3) is 1.88. The summed E-state index contributed by atoms with van der Waals surface area (Å²) < 4.78 is 7.36. The van der Waals surface area contributed by atoms with Crippen LogP contribution in [0.25, 0.3) is 11.2 Å².